The van der Waals surface area contributed by atoms with Crippen molar-refractivity contribution in [1.82, 2.24) is 4.98 Å². The van der Waals surface area contributed by atoms with Gasteiger partial charge in [0.15, 0.2) is 0 Å². The van der Waals surface area contributed by atoms with Crippen LogP contribution in [-0.4, -0.2) is 16.4 Å². The van der Waals surface area contributed by atoms with Crippen molar-refractivity contribution in [2.24, 2.45) is 9.98 Å². The molecule has 0 radical (unpaired) electrons. The van der Waals surface area contributed by atoms with E-state index in [4.69, 9.17) is 15.0 Å². The Morgan fingerprint density at radius 3 is 1.33 bits per heavy atom. The molecule has 0 aliphatic heterocycles. The molecule has 0 saturated heterocycles. The van der Waals surface area contributed by atoms with Crippen LogP contribution in [0.4, 0.5) is 11.4 Å². The molecule has 0 saturated carbocycles. The summed E-state index contributed by atoms with van der Waals surface area (Å²) < 4.78 is 2.46. The molecule has 3 nitrogen and oxygen atoms in total. The highest BCUT2D eigenvalue weighted by Gasteiger charge is 2.09. The lowest BCUT2D eigenvalue weighted by Crippen LogP contribution is -2.05. The van der Waals surface area contributed by atoms with E-state index in [9.17, 15) is 0 Å². The molecule has 154 valence electrons. The molecule has 3 rings (SSSR count). The third-order valence-corrected chi connectivity index (χ3v) is 6.21. The Bertz CT molecular complexity index is 1040. The molecule has 0 N–H and O–H groups in total. The second-order valence-corrected chi connectivity index (χ2v) is 10.1. The van der Waals surface area contributed by atoms with Gasteiger partial charge in [-0.25, -0.2) is 4.98 Å². The minimum atomic E-state index is 0.871. The first kappa shape index (κ1) is 23.1. The Labute approximate surface area is 206 Å². The highest BCUT2D eigenvalue weighted by molar-refractivity contribution is 14.1. The van der Waals surface area contributed by atoms with Crippen molar-refractivity contribution in [1.29, 1.82) is 0 Å². The largest absolute Gasteiger partial charge is 0.251 e. The van der Waals surface area contributed by atoms with Gasteiger partial charge in [0.05, 0.1) is 34.2 Å². The second-order valence-electron chi connectivity index (χ2n) is 7.58. The van der Waals surface area contributed by atoms with Crippen LogP contribution in [0.1, 0.15) is 47.5 Å². The van der Waals surface area contributed by atoms with E-state index in [1.165, 1.54) is 29.4 Å². The summed E-state index contributed by atoms with van der Waals surface area (Å²) in [7, 11) is 0. The normalized spacial score (nSPS) is 12.4. The van der Waals surface area contributed by atoms with Crippen LogP contribution in [0.5, 0.6) is 0 Å². The molecule has 1 heterocycles. The molecule has 0 aliphatic rings. The molecule has 30 heavy (non-hydrogen) atoms. The maximum Gasteiger partial charge on any atom is 0.0849 e. The number of benzene rings is 2. The van der Waals surface area contributed by atoms with Gasteiger partial charge in [0, 0.05) is 7.14 Å². The van der Waals surface area contributed by atoms with Crippen molar-refractivity contribution in [3.63, 3.8) is 0 Å². The summed E-state index contributed by atoms with van der Waals surface area (Å²) in [5.74, 6) is 0. The standard InChI is InChI=1S/C25H25I2N3/c1-14-10-20(26)11-15(2)24(14)28-18(5)22-8-7-9-23(30-22)19(6)29-25-16(3)12-21(27)13-17(25)4/h7-13H,1-6H3. The monoisotopic (exact) mass is 621 g/mol. The van der Waals surface area contributed by atoms with Gasteiger partial charge in [-0.15, -0.1) is 0 Å². The molecule has 1 aromatic heterocycles. The number of nitrogens with zero attached hydrogens (tertiary/aromatic N) is 3. The average molecular weight is 621 g/mol. The highest BCUT2D eigenvalue weighted by Crippen LogP contribution is 2.28. The summed E-state index contributed by atoms with van der Waals surface area (Å²) in [4.78, 5) is 14.7. The minimum absolute atomic E-state index is 0.871. The van der Waals surface area contributed by atoms with E-state index in [1.807, 2.05) is 32.0 Å². The SMILES string of the molecule is CC(=Nc1c(C)cc(I)cc1C)c1cccc(C(C)=Nc2c(C)cc(I)cc2C)n1. The Hall–Kier alpha value is -1.61. The van der Waals surface area contributed by atoms with Crippen molar-refractivity contribution >= 4 is 68.0 Å². The lowest BCUT2D eigenvalue weighted by atomic mass is 10.1. The number of hydrogen-bond donors (Lipinski definition) is 0. The number of aromatic nitrogens is 1. The van der Waals surface area contributed by atoms with Gasteiger partial charge in [0.25, 0.3) is 0 Å². The molecule has 3 aromatic rings. The number of aryl methyl sites for hydroxylation is 4. The summed E-state index contributed by atoms with van der Waals surface area (Å²) in [6.45, 7) is 12.5. The third kappa shape index (κ3) is 5.35. The first-order valence-electron chi connectivity index (χ1n) is 9.77. The van der Waals surface area contributed by atoms with Crippen molar-refractivity contribution < 1.29 is 0 Å². The number of halogens is 2. The Morgan fingerprint density at radius 1 is 0.667 bits per heavy atom. The van der Waals surface area contributed by atoms with Gasteiger partial charge in [-0.3, -0.25) is 9.98 Å². The molecule has 0 unspecified atom stereocenters. The lowest BCUT2D eigenvalue weighted by molar-refractivity contribution is 1.22. The van der Waals surface area contributed by atoms with Gasteiger partial charge >= 0.3 is 0 Å². The minimum Gasteiger partial charge on any atom is -0.251 e. The molecule has 0 atom stereocenters. The maximum absolute atomic E-state index is 4.90. The van der Waals surface area contributed by atoms with E-state index in [2.05, 4.69) is 97.1 Å². The van der Waals surface area contributed by atoms with Crippen molar-refractivity contribution in [2.45, 2.75) is 41.5 Å². The summed E-state index contributed by atoms with van der Waals surface area (Å²) in [6.07, 6.45) is 0. The first-order valence-corrected chi connectivity index (χ1v) is 11.9. The Balaban J connectivity index is 1.99. The van der Waals surface area contributed by atoms with E-state index in [0.717, 1.165) is 34.2 Å². The van der Waals surface area contributed by atoms with Crippen molar-refractivity contribution in [2.75, 3.05) is 0 Å². The van der Waals surface area contributed by atoms with Crippen LogP contribution in [0.3, 0.4) is 0 Å². The van der Waals surface area contributed by atoms with E-state index in [-0.39, 0.29) is 0 Å². The zero-order chi connectivity index (χ0) is 22.0. The zero-order valence-electron chi connectivity index (χ0n) is 18.1. The molecular weight excluding hydrogens is 596 g/mol. The molecule has 0 aliphatic carbocycles. The third-order valence-electron chi connectivity index (χ3n) is 4.96. The lowest BCUT2D eigenvalue weighted by Gasteiger charge is -2.10. The second kappa shape index (κ2) is 9.68. The van der Waals surface area contributed by atoms with Crippen molar-refractivity contribution in [3.8, 4) is 0 Å². The zero-order valence-corrected chi connectivity index (χ0v) is 22.5. The summed E-state index contributed by atoms with van der Waals surface area (Å²) in [5, 5.41) is 0. The van der Waals surface area contributed by atoms with E-state index in [1.54, 1.807) is 0 Å². The number of rotatable bonds is 4. The van der Waals surface area contributed by atoms with Crippen LogP contribution in [0.15, 0.2) is 52.4 Å². The molecule has 2 aromatic carbocycles. The Morgan fingerprint density at radius 2 is 1.00 bits per heavy atom. The van der Waals surface area contributed by atoms with Gasteiger partial charge in [-0.2, -0.15) is 0 Å². The highest BCUT2D eigenvalue weighted by atomic mass is 127. The summed E-state index contributed by atoms with van der Waals surface area (Å²) >= 11 is 4.69. The number of hydrogen-bond acceptors (Lipinski definition) is 3. The fourth-order valence-corrected chi connectivity index (χ4v) is 5.31. The number of aliphatic imine (C=N–C) groups is 2. The van der Waals surface area contributed by atoms with Gasteiger partial charge in [-0.1, -0.05) is 6.07 Å². The molecule has 0 bridgehead atoms. The quantitative estimate of drug-likeness (QED) is 0.217. The molecule has 0 spiro atoms. The van der Waals surface area contributed by atoms with E-state index in [0.29, 0.717) is 0 Å². The summed E-state index contributed by atoms with van der Waals surface area (Å²) in [6, 6.07) is 14.7. The average Bonchev–Trinajstić information content (AvgIpc) is 2.67. The van der Waals surface area contributed by atoms with Crippen molar-refractivity contribution in [3.05, 3.63) is 83.2 Å². The van der Waals surface area contributed by atoms with Crippen LogP contribution in [0, 0.1) is 34.8 Å². The maximum atomic E-state index is 4.90. The predicted octanol–water partition coefficient (Wildman–Crippen LogP) is 7.81. The van der Waals surface area contributed by atoms with Gasteiger partial charge in [-0.05, 0) is 145 Å². The smallest absolute Gasteiger partial charge is 0.0849 e. The van der Waals surface area contributed by atoms with Gasteiger partial charge in [0.1, 0.15) is 0 Å². The van der Waals surface area contributed by atoms with Gasteiger partial charge in [0.2, 0.25) is 0 Å². The van der Waals surface area contributed by atoms with E-state index >= 15 is 0 Å². The van der Waals surface area contributed by atoms with Crippen LogP contribution in [-0.2, 0) is 0 Å². The van der Waals surface area contributed by atoms with E-state index < -0.39 is 0 Å². The number of pyridine rings is 1. The molecule has 0 fully saturated rings. The van der Waals surface area contributed by atoms with Crippen LogP contribution >= 0.6 is 45.2 Å². The molecular formula is C25H25I2N3. The van der Waals surface area contributed by atoms with Crippen LogP contribution in [0.2, 0.25) is 0 Å². The fraction of sp³-hybridized carbons (Fsp3) is 0.240. The molecule has 0 amide bonds. The van der Waals surface area contributed by atoms with Crippen LogP contribution < -0.4 is 0 Å². The van der Waals surface area contributed by atoms with Crippen LogP contribution in [0.25, 0.3) is 0 Å². The van der Waals surface area contributed by atoms with Gasteiger partial charge < -0.3 is 0 Å². The fourth-order valence-electron chi connectivity index (χ4n) is 3.45. The first-order chi connectivity index (χ1) is 14.2. The topological polar surface area (TPSA) is 37.6 Å². The molecule has 5 heteroatoms. The summed E-state index contributed by atoms with van der Waals surface area (Å²) in [5.41, 5.74) is 10.3. The predicted molar refractivity (Wildman–Crippen MR) is 145 cm³/mol. The Kier molecular flexibility index (Phi) is 7.44.